The molecule has 0 saturated heterocycles. The van der Waals surface area contributed by atoms with Gasteiger partial charge in [-0.25, -0.2) is 4.39 Å². The topological polar surface area (TPSA) is 21.3 Å². The fraction of sp³-hybridized carbons (Fsp3) is 0.0769. The van der Waals surface area contributed by atoms with E-state index in [9.17, 15) is 23.8 Å². The summed E-state index contributed by atoms with van der Waals surface area (Å²) in [5, 5.41) is 2.43. The highest BCUT2D eigenvalue weighted by Crippen LogP contribution is 3.02. The van der Waals surface area contributed by atoms with Crippen molar-refractivity contribution in [3.63, 3.8) is 0 Å². The Labute approximate surface area is 122 Å². The van der Waals surface area contributed by atoms with Crippen LogP contribution in [0, 0.1) is 5.82 Å². The fourth-order valence-electron chi connectivity index (χ4n) is 1.72. The van der Waals surface area contributed by atoms with Gasteiger partial charge in [0.25, 0.3) is 0 Å². The molecule has 0 heterocycles. The third-order valence-electron chi connectivity index (χ3n) is 2.67. The van der Waals surface area contributed by atoms with Crippen molar-refractivity contribution >= 4 is 21.6 Å². The molecule has 0 spiro atoms. The Hall–Kier alpha value is -2.03. The summed E-state index contributed by atoms with van der Waals surface area (Å²) < 4.78 is 82.2. The molecule has 2 rings (SSSR count). The molecule has 122 valence electrons. The summed E-state index contributed by atoms with van der Waals surface area (Å²) >= 11 is 0. The molecule has 0 atom stereocenters. The summed E-state index contributed by atoms with van der Waals surface area (Å²) in [5.41, 5.74) is -0.186. The van der Waals surface area contributed by atoms with E-state index in [1.54, 1.807) is 0 Å². The maximum Gasteiger partial charge on any atom is 0.310 e. The Balaban J connectivity index is 2.50. The molecule has 2 nitrogen and oxygen atoms in total. The normalized spacial score (nSPS) is 14.9. The Kier molecular flexibility index (Phi) is 3.33. The minimum atomic E-state index is -9.85. The van der Waals surface area contributed by atoms with Crippen LogP contribution in [-0.2, 0) is 0 Å². The van der Waals surface area contributed by atoms with E-state index in [-0.39, 0.29) is 23.5 Å². The predicted molar refractivity (Wildman–Crippen MR) is 74.1 cm³/mol. The lowest BCUT2D eigenvalue weighted by Gasteiger charge is -2.40. The van der Waals surface area contributed by atoms with Crippen molar-refractivity contribution < 1.29 is 28.6 Å². The van der Waals surface area contributed by atoms with Crippen molar-refractivity contribution in [1.29, 1.82) is 0 Å². The average Bonchev–Trinajstić information content (AvgIpc) is 2.35. The quantitative estimate of drug-likeness (QED) is 0.664. The van der Waals surface area contributed by atoms with Crippen LogP contribution in [0.1, 0.15) is 0 Å². The second-order valence-corrected chi connectivity index (χ2v) is 6.91. The van der Waals surface area contributed by atoms with Gasteiger partial charge in [-0.2, -0.15) is 0 Å². The van der Waals surface area contributed by atoms with Crippen molar-refractivity contribution in [2.45, 2.75) is 4.90 Å². The van der Waals surface area contributed by atoms with Crippen LogP contribution in [-0.4, -0.2) is 7.11 Å². The number of anilines is 2. The van der Waals surface area contributed by atoms with Gasteiger partial charge in [-0.05, 0) is 24.3 Å². The van der Waals surface area contributed by atoms with Gasteiger partial charge in [0.15, 0.2) is 0 Å². The largest absolute Gasteiger partial charge is 0.497 e. The lowest BCUT2D eigenvalue weighted by molar-refractivity contribution is 0.361. The smallest absolute Gasteiger partial charge is 0.310 e. The zero-order chi connectivity index (χ0) is 16.7. The summed E-state index contributed by atoms with van der Waals surface area (Å²) in [4.78, 5) is -2.08. The molecule has 0 radical (unpaired) electrons. The van der Waals surface area contributed by atoms with E-state index in [4.69, 9.17) is 0 Å². The molecule has 0 aliphatic heterocycles. The Morgan fingerprint density at radius 2 is 1.59 bits per heavy atom. The monoisotopic (exact) mass is 343 g/mol. The molecule has 22 heavy (non-hydrogen) atoms. The Morgan fingerprint density at radius 1 is 0.909 bits per heavy atom. The van der Waals surface area contributed by atoms with Crippen LogP contribution in [0.2, 0.25) is 0 Å². The first-order valence-corrected chi connectivity index (χ1v) is 7.78. The molecule has 2 aromatic carbocycles. The number of halogens is 6. The summed E-state index contributed by atoms with van der Waals surface area (Å²) in [5.74, 6) is -1.02. The maximum atomic E-state index is 13.0. The fourth-order valence-corrected chi connectivity index (χ4v) is 2.41. The SMILES string of the molecule is COc1cc(Nc2cccc(F)c2)cc(S(F)(F)(F)(F)F)c1. The molecule has 0 aliphatic carbocycles. The molecule has 9 heteroatoms. The number of nitrogens with one attached hydrogen (secondary N) is 1. The van der Waals surface area contributed by atoms with E-state index in [0.29, 0.717) is 0 Å². The van der Waals surface area contributed by atoms with Crippen LogP contribution in [0.15, 0.2) is 47.4 Å². The molecule has 1 N–H and O–H groups in total. The van der Waals surface area contributed by atoms with Gasteiger partial charge in [0.05, 0.1) is 7.11 Å². The minimum absolute atomic E-state index is 0.112. The molecule has 0 fully saturated rings. The average molecular weight is 343 g/mol. The summed E-state index contributed by atoms with van der Waals surface area (Å²) in [6.45, 7) is 0. The third-order valence-corrected chi connectivity index (χ3v) is 3.80. The van der Waals surface area contributed by atoms with Crippen LogP contribution in [0.5, 0.6) is 5.75 Å². The molecule has 0 amide bonds. The zero-order valence-electron chi connectivity index (χ0n) is 11.1. The van der Waals surface area contributed by atoms with Crippen molar-refractivity contribution in [1.82, 2.24) is 0 Å². The van der Waals surface area contributed by atoms with E-state index in [1.165, 1.54) is 12.1 Å². The number of ether oxygens (including phenoxy) is 1. The molecule has 0 unspecified atom stereocenters. The highest BCUT2D eigenvalue weighted by Gasteiger charge is 2.65. The minimum Gasteiger partial charge on any atom is -0.497 e. The van der Waals surface area contributed by atoms with Crippen molar-refractivity contribution in [2.24, 2.45) is 0 Å². The molecule has 0 saturated carbocycles. The van der Waals surface area contributed by atoms with Crippen molar-refractivity contribution in [3.05, 3.63) is 48.3 Å². The lowest BCUT2D eigenvalue weighted by Crippen LogP contribution is -2.07. The number of methoxy groups -OCH3 is 1. The predicted octanol–water partition coefficient (Wildman–Crippen LogP) is 6.24. The van der Waals surface area contributed by atoms with Gasteiger partial charge in [0, 0.05) is 23.5 Å². The molecule has 0 aromatic heterocycles. The van der Waals surface area contributed by atoms with Gasteiger partial charge in [0.2, 0.25) is 0 Å². The molecule has 0 aliphatic rings. The van der Waals surface area contributed by atoms with E-state index in [2.05, 4.69) is 10.1 Å². The number of benzene rings is 2. The number of hydrogen-bond acceptors (Lipinski definition) is 2. The third kappa shape index (κ3) is 4.00. The highest BCUT2D eigenvalue weighted by atomic mass is 32.5. The van der Waals surface area contributed by atoms with Crippen LogP contribution < -0.4 is 10.1 Å². The van der Waals surface area contributed by atoms with E-state index < -0.39 is 26.7 Å². The second kappa shape index (κ2) is 4.48. The van der Waals surface area contributed by atoms with E-state index in [1.807, 2.05) is 0 Å². The molecule has 0 bridgehead atoms. The Morgan fingerprint density at radius 3 is 2.14 bits per heavy atom. The standard InChI is InChI=1S/C13H11F6NOS/c1-21-12-6-11(20-10-4-2-3-9(14)5-10)7-13(8-12)22(15,16,17,18)19/h2-8,20H,1H3. The van der Waals surface area contributed by atoms with Gasteiger partial charge >= 0.3 is 10.2 Å². The van der Waals surface area contributed by atoms with Crippen LogP contribution in [0.4, 0.5) is 35.2 Å². The van der Waals surface area contributed by atoms with Gasteiger partial charge in [-0.15, -0.1) is 0 Å². The van der Waals surface area contributed by atoms with E-state index in [0.717, 1.165) is 25.3 Å². The van der Waals surface area contributed by atoms with Gasteiger partial charge < -0.3 is 10.1 Å². The summed E-state index contributed by atoms with van der Waals surface area (Å²) in [7, 11) is -8.80. The first kappa shape index (κ1) is 16.3. The maximum absolute atomic E-state index is 13.0. The zero-order valence-corrected chi connectivity index (χ0v) is 11.9. The van der Waals surface area contributed by atoms with Crippen LogP contribution >= 0.6 is 10.2 Å². The van der Waals surface area contributed by atoms with Crippen molar-refractivity contribution in [3.8, 4) is 5.75 Å². The highest BCUT2D eigenvalue weighted by molar-refractivity contribution is 8.45. The number of rotatable bonds is 4. The van der Waals surface area contributed by atoms with E-state index >= 15 is 0 Å². The first-order chi connectivity index (χ1) is 9.87. The second-order valence-electron chi connectivity index (χ2n) is 4.50. The molecular formula is C13H11F6NOS. The summed E-state index contributed by atoms with van der Waals surface area (Å²) in [6.07, 6.45) is 0. The van der Waals surface area contributed by atoms with Crippen LogP contribution in [0.25, 0.3) is 0 Å². The first-order valence-electron chi connectivity index (χ1n) is 5.83. The van der Waals surface area contributed by atoms with Gasteiger partial charge in [-0.1, -0.05) is 25.5 Å². The van der Waals surface area contributed by atoms with Crippen molar-refractivity contribution in [2.75, 3.05) is 12.4 Å². The van der Waals surface area contributed by atoms with Crippen LogP contribution in [0.3, 0.4) is 0 Å². The summed E-state index contributed by atoms with van der Waals surface area (Å²) in [6, 6.07) is 6.42. The Bertz CT molecular complexity index is 716. The molecular weight excluding hydrogens is 332 g/mol. The lowest BCUT2D eigenvalue weighted by atomic mass is 10.2. The van der Waals surface area contributed by atoms with Gasteiger partial charge in [-0.3, -0.25) is 0 Å². The number of hydrogen-bond donors (Lipinski definition) is 1. The van der Waals surface area contributed by atoms with Gasteiger partial charge in [0.1, 0.15) is 16.5 Å². The molecule has 2 aromatic rings.